The maximum absolute atomic E-state index is 10.8. The molecule has 0 saturated heterocycles. The molecule has 0 amide bonds. The van der Waals surface area contributed by atoms with Gasteiger partial charge in [-0.15, -0.1) is 0 Å². The van der Waals surface area contributed by atoms with E-state index in [1.165, 1.54) is 5.56 Å². The predicted molar refractivity (Wildman–Crippen MR) is 82.6 cm³/mol. The van der Waals surface area contributed by atoms with Gasteiger partial charge in [0.2, 0.25) is 0 Å². The summed E-state index contributed by atoms with van der Waals surface area (Å²) in [5.41, 5.74) is 3.06. The molecule has 1 aromatic heterocycles. The van der Waals surface area contributed by atoms with Gasteiger partial charge in [0.25, 0.3) is 0 Å². The minimum atomic E-state index is -0.513. The highest BCUT2D eigenvalue weighted by atomic mass is 16.3. The average molecular weight is 269 g/mol. The van der Waals surface area contributed by atoms with Crippen LogP contribution in [-0.2, 0) is 0 Å². The van der Waals surface area contributed by atoms with Crippen molar-refractivity contribution in [2.75, 3.05) is 0 Å². The molecule has 0 aliphatic carbocycles. The average Bonchev–Trinajstić information content (AvgIpc) is 2.49. The number of benzene rings is 1. The first-order chi connectivity index (χ1) is 9.63. The molecule has 2 aromatic rings. The predicted octanol–water partition coefficient (Wildman–Crippen LogP) is 4.25. The summed E-state index contributed by atoms with van der Waals surface area (Å²) in [5, 5.41) is 10.8. The molecular formula is C18H23NO. The van der Waals surface area contributed by atoms with E-state index in [9.17, 15) is 5.11 Å². The van der Waals surface area contributed by atoms with Gasteiger partial charge < -0.3 is 5.11 Å². The van der Waals surface area contributed by atoms with E-state index >= 15 is 0 Å². The quantitative estimate of drug-likeness (QED) is 0.880. The summed E-state index contributed by atoms with van der Waals surface area (Å²) in [7, 11) is 0. The number of rotatable bonds is 5. The first-order valence-corrected chi connectivity index (χ1v) is 7.29. The fourth-order valence-corrected chi connectivity index (χ4v) is 2.61. The van der Waals surface area contributed by atoms with Gasteiger partial charge in [-0.1, -0.05) is 56.7 Å². The van der Waals surface area contributed by atoms with Crippen LogP contribution in [-0.4, -0.2) is 10.1 Å². The minimum Gasteiger partial charge on any atom is -0.388 e. The van der Waals surface area contributed by atoms with Crippen LogP contribution in [0.5, 0.6) is 0 Å². The monoisotopic (exact) mass is 269 g/mol. The van der Waals surface area contributed by atoms with Crippen molar-refractivity contribution >= 4 is 0 Å². The molecule has 0 aliphatic heterocycles. The number of hydrogen-bond donors (Lipinski definition) is 1. The number of pyridine rings is 1. The van der Waals surface area contributed by atoms with E-state index < -0.39 is 6.10 Å². The Kier molecular flexibility index (Phi) is 4.91. The highest BCUT2D eigenvalue weighted by Crippen LogP contribution is 2.38. The molecular weight excluding hydrogens is 246 g/mol. The molecule has 0 bridgehead atoms. The highest BCUT2D eigenvalue weighted by Gasteiger charge is 2.27. The van der Waals surface area contributed by atoms with Gasteiger partial charge in [0.15, 0.2) is 0 Å². The second-order valence-electron chi connectivity index (χ2n) is 5.50. The minimum absolute atomic E-state index is 0.103. The Balaban J connectivity index is 2.34. The van der Waals surface area contributed by atoms with E-state index in [2.05, 4.69) is 31.0 Å². The lowest BCUT2D eigenvalue weighted by Crippen LogP contribution is -2.18. The molecule has 1 aromatic carbocycles. The van der Waals surface area contributed by atoms with E-state index in [1.54, 1.807) is 6.20 Å². The van der Waals surface area contributed by atoms with E-state index in [0.717, 1.165) is 17.7 Å². The first-order valence-electron chi connectivity index (χ1n) is 7.29. The number of aliphatic hydroxyl groups excluding tert-OH is 1. The number of hydrogen-bond acceptors (Lipinski definition) is 2. The summed E-state index contributed by atoms with van der Waals surface area (Å²) in [6, 6.07) is 14.2. The molecule has 20 heavy (non-hydrogen) atoms. The van der Waals surface area contributed by atoms with Gasteiger partial charge in [-0.3, -0.25) is 4.98 Å². The number of aryl methyl sites for hydroxylation is 1. The van der Waals surface area contributed by atoms with Crippen LogP contribution in [0.25, 0.3) is 0 Å². The van der Waals surface area contributed by atoms with Gasteiger partial charge in [-0.2, -0.15) is 0 Å². The van der Waals surface area contributed by atoms with Crippen molar-refractivity contribution in [2.45, 2.75) is 39.2 Å². The van der Waals surface area contributed by atoms with E-state index in [1.807, 2.05) is 37.3 Å². The fraction of sp³-hybridized carbons (Fsp3) is 0.389. The smallest absolute Gasteiger partial charge is 0.0875 e. The summed E-state index contributed by atoms with van der Waals surface area (Å²) < 4.78 is 0. The van der Waals surface area contributed by atoms with Crippen molar-refractivity contribution in [1.29, 1.82) is 0 Å². The fourth-order valence-electron chi connectivity index (χ4n) is 2.61. The Bertz CT molecular complexity index is 521. The van der Waals surface area contributed by atoms with E-state index in [4.69, 9.17) is 0 Å². The van der Waals surface area contributed by atoms with Crippen LogP contribution in [0.4, 0.5) is 0 Å². The van der Waals surface area contributed by atoms with Crippen molar-refractivity contribution in [2.24, 2.45) is 5.92 Å². The standard InChI is InChI=1S/C18H23NO/c1-4-13(2)17(15-8-6-5-7-9-15)18(20)16-11-10-14(3)19-12-16/h5-13,17-18,20H,4H2,1-3H3. The SMILES string of the molecule is CCC(C)C(c1ccccc1)C(O)c1ccc(C)nc1. The van der Waals surface area contributed by atoms with E-state index in [0.29, 0.717) is 5.92 Å². The van der Waals surface area contributed by atoms with Crippen molar-refractivity contribution in [3.63, 3.8) is 0 Å². The largest absolute Gasteiger partial charge is 0.388 e. The Labute approximate surface area is 121 Å². The summed E-state index contributed by atoms with van der Waals surface area (Å²) in [6.07, 6.45) is 2.31. The van der Waals surface area contributed by atoms with Crippen LogP contribution in [0.3, 0.4) is 0 Å². The number of aliphatic hydroxyl groups is 1. The Morgan fingerprint density at radius 2 is 1.75 bits per heavy atom. The Morgan fingerprint density at radius 1 is 1.05 bits per heavy atom. The van der Waals surface area contributed by atoms with Gasteiger partial charge in [-0.25, -0.2) is 0 Å². The van der Waals surface area contributed by atoms with Gasteiger partial charge >= 0.3 is 0 Å². The summed E-state index contributed by atoms with van der Waals surface area (Å²) >= 11 is 0. The second kappa shape index (κ2) is 6.67. The van der Waals surface area contributed by atoms with E-state index in [-0.39, 0.29) is 5.92 Å². The Morgan fingerprint density at radius 3 is 2.30 bits per heavy atom. The normalized spacial score (nSPS) is 15.6. The molecule has 0 spiro atoms. The molecule has 3 atom stereocenters. The Hall–Kier alpha value is -1.67. The molecule has 0 saturated carbocycles. The zero-order valence-corrected chi connectivity index (χ0v) is 12.5. The molecule has 0 radical (unpaired) electrons. The van der Waals surface area contributed by atoms with Gasteiger partial charge in [0.05, 0.1) is 6.10 Å². The molecule has 2 heteroatoms. The van der Waals surface area contributed by atoms with Crippen molar-refractivity contribution in [3.05, 3.63) is 65.5 Å². The number of aromatic nitrogens is 1. The van der Waals surface area contributed by atoms with Crippen LogP contribution >= 0.6 is 0 Å². The molecule has 0 aliphatic rings. The van der Waals surface area contributed by atoms with Crippen molar-refractivity contribution in [1.82, 2.24) is 4.98 Å². The lowest BCUT2D eigenvalue weighted by atomic mass is 9.79. The van der Waals surface area contributed by atoms with Crippen LogP contribution in [0.2, 0.25) is 0 Å². The molecule has 106 valence electrons. The summed E-state index contributed by atoms with van der Waals surface area (Å²) in [5.74, 6) is 0.513. The van der Waals surface area contributed by atoms with Gasteiger partial charge in [0, 0.05) is 17.8 Å². The summed E-state index contributed by atoms with van der Waals surface area (Å²) in [6.45, 7) is 6.32. The third-order valence-corrected chi connectivity index (χ3v) is 4.06. The molecule has 3 unspecified atom stereocenters. The molecule has 0 fully saturated rings. The maximum Gasteiger partial charge on any atom is 0.0875 e. The molecule has 2 rings (SSSR count). The second-order valence-corrected chi connectivity index (χ2v) is 5.50. The third kappa shape index (κ3) is 3.26. The van der Waals surface area contributed by atoms with Crippen molar-refractivity contribution < 1.29 is 5.11 Å². The van der Waals surface area contributed by atoms with Crippen LogP contribution in [0, 0.1) is 12.8 Å². The van der Waals surface area contributed by atoms with Crippen LogP contribution in [0.1, 0.15) is 49.1 Å². The van der Waals surface area contributed by atoms with Crippen LogP contribution < -0.4 is 0 Å². The third-order valence-electron chi connectivity index (χ3n) is 4.06. The topological polar surface area (TPSA) is 33.1 Å². The summed E-state index contributed by atoms with van der Waals surface area (Å²) in [4.78, 5) is 4.30. The zero-order chi connectivity index (χ0) is 14.5. The first kappa shape index (κ1) is 14.7. The van der Waals surface area contributed by atoms with Gasteiger partial charge in [-0.05, 0) is 30.0 Å². The number of nitrogens with zero attached hydrogens (tertiary/aromatic N) is 1. The van der Waals surface area contributed by atoms with Crippen molar-refractivity contribution in [3.8, 4) is 0 Å². The molecule has 2 nitrogen and oxygen atoms in total. The van der Waals surface area contributed by atoms with Crippen LogP contribution in [0.15, 0.2) is 48.7 Å². The zero-order valence-electron chi connectivity index (χ0n) is 12.5. The van der Waals surface area contributed by atoms with Gasteiger partial charge in [0.1, 0.15) is 0 Å². The molecule has 1 N–H and O–H groups in total. The molecule has 1 heterocycles. The lowest BCUT2D eigenvalue weighted by molar-refractivity contribution is 0.117. The highest BCUT2D eigenvalue weighted by molar-refractivity contribution is 5.26. The lowest BCUT2D eigenvalue weighted by Gasteiger charge is -2.28. The maximum atomic E-state index is 10.8.